The van der Waals surface area contributed by atoms with Crippen LogP contribution in [0, 0.1) is 0 Å². The van der Waals surface area contributed by atoms with Crippen molar-refractivity contribution in [3.8, 4) is 0 Å². The minimum absolute atomic E-state index is 0.0929. The van der Waals surface area contributed by atoms with E-state index < -0.39 is 11.9 Å². The molecule has 0 radical (unpaired) electrons. The van der Waals surface area contributed by atoms with E-state index in [0.717, 1.165) is 19.3 Å². The first-order valence-corrected chi connectivity index (χ1v) is 10.8. The summed E-state index contributed by atoms with van der Waals surface area (Å²) in [7, 11) is 2.62. The van der Waals surface area contributed by atoms with Gasteiger partial charge >= 0.3 is 11.9 Å². The fraction of sp³-hybridized carbons (Fsp3) is 0.304. The van der Waals surface area contributed by atoms with E-state index in [0.29, 0.717) is 26.1 Å². The summed E-state index contributed by atoms with van der Waals surface area (Å²) in [6.45, 7) is -0.0929. The highest BCUT2D eigenvalue weighted by atomic mass is 32.1. The molecule has 0 unspecified atom stereocenters. The van der Waals surface area contributed by atoms with Gasteiger partial charge in [0.25, 0.3) is 5.91 Å². The molecule has 3 aromatic rings. The van der Waals surface area contributed by atoms with Gasteiger partial charge in [0.05, 0.1) is 30.0 Å². The van der Waals surface area contributed by atoms with Gasteiger partial charge in [0.15, 0.2) is 4.80 Å². The van der Waals surface area contributed by atoms with E-state index >= 15 is 0 Å². The third-order valence-electron chi connectivity index (χ3n) is 5.41. The van der Waals surface area contributed by atoms with Gasteiger partial charge < -0.3 is 14.0 Å². The Labute approximate surface area is 182 Å². The quantitative estimate of drug-likeness (QED) is 0.584. The van der Waals surface area contributed by atoms with Crippen LogP contribution in [0.2, 0.25) is 0 Å². The van der Waals surface area contributed by atoms with Crippen LogP contribution in [0.3, 0.4) is 0 Å². The van der Waals surface area contributed by atoms with Crippen molar-refractivity contribution in [3.05, 3.63) is 63.5 Å². The highest BCUT2D eigenvalue weighted by molar-refractivity contribution is 7.16. The average molecular weight is 439 g/mol. The van der Waals surface area contributed by atoms with Crippen LogP contribution in [0.25, 0.3) is 10.2 Å². The van der Waals surface area contributed by atoms with E-state index in [1.165, 1.54) is 43.1 Å². The summed E-state index contributed by atoms with van der Waals surface area (Å²) < 4.78 is 11.9. The Morgan fingerprint density at radius 1 is 0.968 bits per heavy atom. The van der Waals surface area contributed by atoms with Gasteiger partial charge in [-0.3, -0.25) is 9.59 Å². The van der Waals surface area contributed by atoms with Crippen molar-refractivity contribution in [2.24, 2.45) is 4.99 Å². The average Bonchev–Trinajstić information content (AvgIpc) is 3.13. The molecule has 0 fully saturated rings. The number of thiazole rings is 1. The van der Waals surface area contributed by atoms with Gasteiger partial charge in [-0.2, -0.15) is 4.99 Å². The zero-order valence-corrected chi connectivity index (χ0v) is 18.2. The van der Waals surface area contributed by atoms with Crippen LogP contribution in [-0.2, 0) is 33.7 Å². The van der Waals surface area contributed by atoms with Gasteiger partial charge in [0, 0.05) is 5.56 Å². The van der Waals surface area contributed by atoms with Crippen molar-refractivity contribution >= 4 is 39.4 Å². The number of aromatic nitrogens is 1. The second-order valence-corrected chi connectivity index (χ2v) is 8.34. The van der Waals surface area contributed by atoms with Crippen molar-refractivity contribution in [2.45, 2.75) is 32.2 Å². The van der Waals surface area contributed by atoms with Gasteiger partial charge in [0.1, 0.15) is 6.54 Å². The standard InChI is InChI=1S/C23H22N2O5S/c1-29-20(26)13-25-18-10-9-17(22(28)30-2)12-19(18)31-23(25)24-21(27)16-8-7-14-5-3-4-6-15(14)11-16/h7-12H,3-6,13H2,1-2H3. The van der Waals surface area contributed by atoms with Gasteiger partial charge in [-0.1, -0.05) is 17.4 Å². The van der Waals surface area contributed by atoms with Crippen molar-refractivity contribution in [1.29, 1.82) is 0 Å². The van der Waals surface area contributed by atoms with E-state index in [-0.39, 0.29) is 12.5 Å². The van der Waals surface area contributed by atoms with E-state index in [1.54, 1.807) is 22.8 Å². The maximum absolute atomic E-state index is 12.9. The second kappa shape index (κ2) is 8.85. The molecule has 1 aromatic heterocycles. The molecule has 1 heterocycles. The Balaban J connectivity index is 1.79. The van der Waals surface area contributed by atoms with Crippen LogP contribution >= 0.6 is 11.3 Å². The number of aryl methyl sites for hydroxylation is 2. The number of ether oxygens (including phenoxy) is 2. The topological polar surface area (TPSA) is 87.0 Å². The number of amides is 1. The summed E-state index contributed by atoms with van der Waals surface area (Å²) in [4.78, 5) is 41.5. The van der Waals surface area contributed by atoms with Gasteiger partial charge in [-0.15, -0.1) is 0 Å². The Kier molecular flexibility index (Phi) is 5.99. The molecule has 2 aromatic carbocycles. The Morgan fingerprint density at radius 2 is 1.71 bits per heavy atom. The molecule has 31 heavy (non-hydrogen) atoms. The third kappa shape index (κ3) is 4.29. The lowest BCUT2D eigenvalue weighted by Gasteiger charge is -2.15. The van der Waals surface area contributed by atoms with E-state index in [9.17, 15) is 14.4 Å². The summed E-state index contributed by atoms with van der Waals surface area (Å²) >= 11 is 1.23. The second-order valence-electron chi connectivity index (χ2n) is 7.33. The van der Waals surface area contributed by atoms with E-state index in [4.69, 9.17) is 9.47 Å². The number of benzene rings is 2. The molecule has 1 amide bonds. The maximum Gasteiger partial charge on any atom is 0.337 e. The number of hydrogen-bond donors (Lipinski definition) is 0. The van der Waals surface area contributed by atoms with E-state index in [2.05, 4.69) is 4.99 Å². The molecule has 1 aliphatic rings. The first-order valence-electron chi connectivity index (χ1n) is 9.99. The molecule has 0 atom stereocenters. The predicted molar refractivity (Wildman–Crippen MR) is 116 cm³/mol. The number of nitrogens with zero attached hydrogens (tertiary/aromatic N) is 2. The SMILES string of the molecule is COC(=O)Cn1c(=NC(=O)c2ccc3c(c2)CCCC3)sc2cc(C(=O)OC)ccc21. The Bertz CT molecular complexity index is 1250. The number of carbonyl (C=O) groups excluding carboxylic acids is 3. The number of fused-ring (bicyclic) bond motifs is 2. The largest absolute Gasteiger partial charge is 0.468 e. The smallest absolute Gasteiger partial charge is 0.337 e. The summed E-state index contributed by atoms with van der Waals surface area (Å²) in [6, 6.07) is 10.7. The van der Waals surface area contributed by atoms with E-state index in [1.807, 2.05) is 18.2 Å². The predicted octanol–water partition coefficient (Wildman–Crippen LogP) is 3.28. The van der Waals surface area contributed by atoms with Gasteiger partial charge in [-0.25, -0.2) is 4.79 Å². The van der Waals surface area contributed by atoms with Crippen molar-refractivity contribution < 1.29 is 23.9 Å². The lowest BCUT2D eigenvalue weighted by Crippen LogP contribution is -2.22. The molecule has 0 N–H and O–H groups in total. The number of esters is 2. The molecule has 0 saturated heterocycles. The van der Waals surface area contributed by atoms with Gasteiger partial charge in [-0.05, 0) is 67.1 Å². The molecular weight excluding hydrogens is 416 g/mol. The lowest BCUT2D eigenvalue weighted by molar-refractivity contribution is -0.141. The summed E-state index contributed by atoms with van der Waals surface area (Å²) in [6.07, 6.45) is 4.31. The highest BCUT2D eigenvalue weighted by Crippen LogP contribution is 2.23. The van der Waals surface area contributed by atoms with Crippen molar-refractivity contribution in [2.75, 3.05) is 14.2 Å². The summed E-state index contributed by atoms with van der Waals surface area (Å²) in [5.74, 6) is -1.29. The molecule has 0 saturated carbocycles. The molecule has 0 bridgehead atoms. The van der Waals surface area contributed by atoms with Gasteiger partial charge in [0.2, 0.25) is 0 Å². The molecule has 160 valence electrons. The first kappa shape index (κ1) is 21.0. The Hall–Kier alpha value is -3.26. The fourth-order valence-electron chi connectivity index (χ4n) is 3.77. The third-order valence-corrected chi connectivity index (χ3v) is 6.45. The molecule has 0 spiro atoms. The number of carbonyl (C=O) groups is 3. The monoisotopic (exact) mass is 438 g/mol. The van der Waals surface area contributed by atoms with Crippen LogP contribution in [0.15, 0.2) is 41.4 Å². The minimum atomic E-state index is -0.460. The summed E-state index contributed by atoms with van der Waals surface area (Å²) in [5, 5.41) is 0. The van der Waals surface area contributed by atoms with Crippen LogP contribution in [0.4, 0.5) is 0 Å². The molecule has 7 nitrogen and oxygen atoms in total. The van der Waals surface area contributed by atoms with Crippen molar-refractivity contribution in [1.82, 2.24) is 4.57 Å². The number of hydrogen-bond acceptors (Lipinski definition) is 6. The zero-order valence-electron chi connectivity index (χ0n) is 17.3. The van der Waals surface area contributed by atoms with Crippen LogP contribution in [-0.4, -0.2) is 36.6 Å². The zero-order chi connectivity index (χ0) is 22.0. The molecule has 0 aliphatic heterocycles. The summed E-state index contributed by atoms with van der Waals surface area (Å²) in [5.41, 5.74) is 4.08. The maximum atomic E-state index is 12.9. The minimum Gasteiger partial charge on any atom is -0.468 e. The van der Waals surface area contributed by atoms with Crippen LogP contribution < -0.4 is 4.80 Å². The molecular formula is C23H22N2O5S. The van der Waals surface area contributed by atoms with Crippen LogP contribution in [0.5, 0.6) is 0 Å². The Morgan fingerprint density at radius 3 is 2.45 bits per heavy atom. The lowest BCUT2D eigenvalue weighted by atomic mass is 9.90. The van der Waals surface area contributed by atoms with Crippen molar-refractivity contribution in [3.63, 3.8) is 0 Å². The molecule has 4 rings (SSSR count). The molecule has 1 aliphatic carbocycles. The van der Waals surface area contributed by atoms with Crippen LogP contribution in [0.1, 0.15) is 44.7 Å². The number of methoxy groups -OCH3 is 2. The normalized spacial score (nSPS) is 13.7. The fourth-order valence-corrected chi connectivity index (χ4v) is 4.83. The first-order chi connectivity index (χ1) is 15.0. The molecule has 8 heteroatoms. The highest BCUT2D eigenvalue weighted by Gasteiger charge is 2.16. The number of rotatable bonds is 4.